The third kappa shape index (κ3) is 29.8. The molecule has 0 saturated carbocycles. The van der Waals surface area contributed by atoms with E-state index in [-0.39, 0.29) is 95.2 Å². The van der Waals surface area contributed by atoms with Gasteiger partial charge in [-0.25, -0.2) is 0 Å². The average molecular weight is 195 g/mol. The Morgan fingerprint density at radius 2 is 0.667 bits per heavy atom. The van der Waals surface area contributed by atoms with E-state index >= 15 is 0 Å². The van der Waals surface area contributed by atoms with Crippen molar-refractivity contribution in [2.75, 3.05) is 0 Å². The van der Waals surface area contributed by atoms with Crippen LogP contribution in [0.4, 0.5) is 0 Å². The first-order valence-corrected chi connectivity index (χ1v) is 0. The molecule has 0 aromatic heterocycles. The molecule has 0 spiro atoms. The molecule has 0 bridgehead atoms. The fourth-order valence-corrected chi connectivity index (χ4v) is 0. The number of halogens is 3. The van der Waals surface area contributed by atoms with E-state index in [4.69, 9.17) is 0 Å². The van der Waals surface area contributed by atoms with Crippen molar-refractivity contribution in [1.82, 2.24) is 0 Å². The molecule has 0 heterocycles. The zero-order valence-electron chi connectivity index (χ0n) is 1.72. The number of hydrogen-bond donors (Lipinski definition) is 0. The molecule has 0 fully saturated rings. The van der Waals surface area contributed by atoms with Gasteiger partial charge in [0.2, 0.25) is 0 Å². The molecular formula is H7AlCl3LiTi. The summed E-state index contributed by atoms with van der Waals surface area (Å²) in [6.07, 6.45) is 0. The van der Waals surface area contributed by atoms with Crippen LogP contribution in [-0.2, 0) is 21.7 Å². The van der Waals surface area contributed by atoms with Crippen molar-refractivity contribution < 1.29 is 21.7 Å². The predicted octanol–water partition coefficient (Wildman–Crippen LogP) is -0.569. The maximum Gasteiger partial charge on any atom is 0 e. The summed E-state index contributed by atoms with van der Waals surface area (Å²) < 4.78 is 0. The van der Waals surface area contributed by atoms with Crippen LogP contribution in [0.2, 0.25) is 0 Å². The van der Waals surface area contributed by atoms with Crippen LogP contribution >= 0.6 is 37.2 Å². The summed E-state index contributed by atoms with van der Waals surface area (Å²) in [5, 5.41) is 0. The zero-order chi connectivity index (χ0) is 0. The second-order valence-electron chi connectivity index (χ2n) is 0. The molecule has 0 nitrogen and oxygen atoms in total. The molecule has 0 rings (SSSR count). The molecule has 6 heteroatoms. The van der Waals surface area contributed by atoms with Crippen LogP contribution in [0.25, 0.3) is 0 Å². The summed E-state index contributed by atoms with van der Waals surface area (Å²) >= 11 is 0. The molecule has 0 aromatic rings. The molecule has 0 aromatic carbocycles. The van der Waals surface area contributed by atoms with Gasteiger partial charge in [0.05, 0.1) is 0 Å². The normalized spacial score (nSPS) is 0. The quantitative estimate of drug-likeness (QED) is 0.454. The monoisotopic (exact) mass is 194 g/mol. The predicted molar refractivity (Wildman–Crippen MR) is 38.8 cm³/mol. The summed E-state index contributed by atoms with van der Waals surface area (Å²) in [7, 11) is 0. The SMILES string of the molecule is Cl.Cl.Cl.[AlH3].[LiH].[Ti]. The van der Waals surface area contributed by atoms with E-state index in [9.17, 15) is 0 Å². The van der Waals surface area contributed by atoms with Gasteiger partial charge in [0, 0.05) is 21.7 Å². The van der Waals surface area contributed by atoms with Crippen molar-refractivity contribution in [3.05, 3.63) is 0 Å². The number of rotatable bonds is 0. The van der Waals surface area contributed by atoms with Crippen molar-refractivity contribution in [1.29, 1.82) is 0 Å². The molecule has 0 radical (unpaired) electrons. The Kier molecular flexibility index (Phi) is 554. The van der Waals surface area contributed by atoms with Gasteiger partial charge in [0.1, 0.15) is 0 Å². The Morgan fingerprint density at radius 1 is 0.667 bits per heavy atom. The van der Waals surface area contributed by atoms with E-state index in [1.54, 1.807) is 0 Å². The van der Waals surface area contributed by atoms with Gasteiger partial charge in [-0.1, -0.05) is 0 Å². The molecule has 0 atom stereocenters. The smallest absolute Gasteiger partial charge is 0 e. The second kappa shape index (κ2) is 47.2. The van der Waals surface area contributed by atoms with Crippen LogP contribution in [0.5, 0.6) is 0 Å². The van der Waals surface area contributed by atoms with Crippen LogP contribution in [0.1, 0.15) is 0 Å². The molecule has 0 amide bonds. The first kappa shape index (κ1) is 70.4. The molecular weight excluding hydrogens is 188 g/mol. The van der Waals surface area contributed by atoms with Crippen molar-refractivity contribution in [3.63, 3.8) is 0 Å². The summed E-state index contributed by atoms with van der Waals surface area (Å²) in [6.45, 7) is 0. The Balaban J connectivity index is 0. The molecule has 6 heavy (non-hydrogen) atoms. The molecule has 0 saturated heterocycles. The van der Waals surface area contributed by atoms with Gasteiger partial charge in [-0.05, 0) is 0 Å². The Labute approximate surface area is 94.0 Å². The molecule has 0 aliphatic heterocycles. The Hall–Kier alpha value is 2.71. The molecule has 0 aliphatic rings. The van der Waals surface area contributed by atoms with Crippen LogP contribution in [-0.4, -0.2) is 36.2 Å². The average Bonchev–Trinajstić information content (AvgIpc) is 0. The van der Waals surface area contributed by atoms with Crippen molar-refractivity contribution in [2.45, 2.75) is 0 Å². The van der Waals surface area contributed by atoms with Crippen LogP contribution in [0, 0.1) is 0 Å². The standard InChI is InChI=1S/Al.3ClH.Li.Ti.4H/h;3*1H;;;;;;. The van der Waals surface area contributed by atoms with Gasteiger partial charge < -0.3 is 0 Å². The Bertz CT molecular complexity index is 10.8. The van der Waals surface area contributed by atoms with Crippen molar-refractivity contribution in [3.8, 4) is 0 Å². The van der Waals surface area contributed by atoms with Crippen LogP contribution in [0.3, 0.4) is 0 Å². The van der Waals surface area contributed by atoms with Crippen molar-refractivity contribution in [2.24, 2.45) is 0 Å². The van der Waals surface area contributed by atoms with E-state index in [0.717, 1.165) is 0 Å². The minimum absolute atomic E-state index is 0. The summed E-state index contributed by atoms with van der Waals surface area (Å²) in [5.74, 6) is 0. The largest absolute Gasteiger partial charge is 0 e. The maximum atomic E-state index is 0. The fourth-order valence-electron chi connectivity index (χ4n) is 0. The van der Waals surface area contributed by atoms with E-state index in [2.05, 4.69) is 0 Å². The van der Waals surface area contributed by atoms with Gasteiger partial charge in [-0.2, -0.15) is 0 Å². The van der Waals surface area contributed by atoms with Crippen molar-refractivity contribution >= 4 is 73.4 Å². The maximum absolute atomic E-state index is 0. The van der Waals surface area contributed by atoms with Gasteiger partial charge in [0.25, 0.3) is 0 Å². The first-order chi connectivity index (χ1) is 0. The molecule has 0 N–H and O–H groups in total. The minimum Gasteiger partial charge on any atom is 0 e. The van der Waals surface area contributed by atoms with E-state index in [0.29, 0.717) is 0 Å². The topological polar surface area (TPSA) is 0 Å². The molecule has 0 aliphatic carbocycles. The van der Waals surface area contributed by atoms with Gasteiger partial charge in [-0.15, -0.1) is 37.2 Å². The first-order valence-electron chi connectivity index (χ1n) is 0. The third-order valence-electron chi connectivity index (χ3n) is 0. The Morgan fingerprint density at radius 3 is 0.667 bits per heavy atom. The summed E-state index contributed by atoms with van der Waals surface area (Å²) in [4.78, 5) is 0. The van der Waals surface area contributed by atoms with Crippen LogP contribution in [0.15, 0.2) is 0 Å². The van der Waals surface area contributed by atoms with E-state index in [1.165, 1.54) is 0 Å². The third-order valence-corrected chi connectivity index (χ3v) is 0. The summed E-state index contributed by atoms with van der Waals surface area (Å²) in [6, 6.07) is 0. The molecule has 0 unspecified atom stereocenters. The zero-order valence-corrected chi connectivity index (χ0v) is 5.74. The van der Waals surface area contributed by atoms with Gasteiger partial charge in [-0.3, -0.25) is 0 Å². The number of hydrogen-bond acceptors (Lipinski definition) is 0. The summed E-state index contributed by atoms with van der Waals surface area (Å²) in [5.41, 5.74) is 0. The minimum atomic E-state index is 0. The molecule has 36 valence electrons. The van der Waals surface area contributed by atoms with E-state index < -0.39 is 0 Å². The van der Waals surface area contributed by atoms with Crippen LogP contribution < -0.4 is 0 Å². The van der Waals surface area contributed by atoms with E-state index in [1.807, 2.05) is 0 Å². The fraction of sp³-hybridized carbons (Fsp3) is 0. The van der Waals surface area contributed by atoms with Gasteiger partial charge >= 0.3 is 18.9 Å². The second-order valence-corrected chi connectivity index (χ2v) is 0. The van der Waals surface area contributed by atoms with Gasteiger partial charge in [0.15, 0.2) is 17.4 Å².